The zero-order chi connectivity index (χ0) is 25.4. The van der Waals surface area contributed by atoms with Gasteiger partial charge in [-0.3, -0.25) is 4.79 Å². The number of nitrogens with zero attached hydrogens (tertiary/aromatic N) is 3. The minimum atomic E-state index is -4.07. The molecule has 1 unspecified atom stereocenters. The zero-order valence-corrected chi connectivity index (χ0v) is 20.2. The largest absolute Gasteiger partial charge is 0.448 e. The third kappa shape index (κ3) is 4.56. The molecule has 0 bridgehead atoms. The van der Waals surface area contributed by atoms with Crippen molar-refractivity contribution in [2.75, 3.05) is 13.1 Å². The van der Waals surface area contributed by atoms with E-state index in [2.05, 4.69) is 4.98 Å². The van der Waals surface area contributed by atoms with Crippen LogP contribution in [-0.4, -0.2) is 41.3 Å². The summed E-state index contributed by atoms with van der Waals surface area (Å²) >= 11 is 0. The van der Waals surface area contributed by atoms with Gasteiger partial charge in [0, 0.05) is 24.7 Å². The van der Waals surface area contributed by atoms with E-state index in [4.69, 9.17) is 4.42 Å². The number of aryl methyl sites for hydroxylation is 1. The monoisotopic (exact) mass is 511 g/mol. The lowest BCUT2D eigenvalue weighted by Gasteiger charge is -2.31. The molecule has 1 fully saturated rings. The van der Waals surface area contributed by atoms with Crippen molar-refractivity contribution in [2.24, 2.45) is 0 Å². The maximum Gasteiger partial charge on any atom is 0.268 e. The van der Waals surface area contributed by atoms with Gasteiger partial charge in [0.25, 0.3) is 15.9 Å². The van der Waals surface area contributed by atoms with Crippen molar-refractivity contribution in [3.63, 3.8) is 0 Å². The van der Waals surface area contributed by atoms with E-state index in [1.54, 1.807) is 17.0 Å². The van der Waals surface area contributed by atoms with Gasteiger partial charge in [0.05, 0.1) is 22.7 Å². The van der Waals surface area contributed by atoms with Crippen LogP contribution in [0.15, 0.2) is 76.4 Å². The average Bonchev–Trinajstić information content (AvgIpc) is 3.52. The maximum atomic E-state index is 14.3. The summed E-state index contributed by atoms with van der Waals surface area (Å²) in [5.41, 5.74) is 1.50. The summed E-state index contributed by atoms with van der Waals surface area (Å²) in [4.78, 5) is 19.0. The smallest absolute Gasteiger partial charge is 0.268 e. The molecule has 0 spiro atoms. The van der Waals surface area contributed by atoms with Crippen LogP contribution >= 0.6 is 0 Å². The van der Waals surface area contributed by atoms with Crippen molar-refractivity contribution < 1.29 is 26.4 Å². The number of likely N-dealkylation sites (tertiary alicyclic amines) is 1. The molecule has 5 rings (SSSR count). The highest BCUT2D eigenvalue weighted by Crippen LogP contribution is 2.31. The minimum absolute atomic E-state index is 0.0240. The van der Waals surface area contributed by atoms with Crippen LogP contribution < -0.4 is 0 Å². The predicted octanol–water partition coefficient (Wildman–Crippen LogP) is 4.99. The minimum Gasteiger partial charge on any atom is -0.448 e. The van der Waals surface area contributed by atoms with Crippen molar-refractivity contribution in [2.45, 2.75) is 30.6 Å². The Hall–Kier alpha value is -3.79. The zero-order valence-electron chi connectivity index (χ0n) is 19.4. The van der Waals surface area contributed by atoms with Gasteiger partial charge < -0.3 is 9.32 Å². The maximum absolute atomic E-state index is 14.3. The SMILES string of the molecule is Cc1ccc(S(=O)(=O)n2cc(F)cc2-c2coc(C3CCCN(C(=O)c4ccc(F)cc4)C3)n2)cc1. The van der Waals surface area contributed by atoms with Crippen LogP contribution in [0, 0.1) is 18.6 Å². The summed E-state index contributed by atoms with van der Waals surface area (Å²) in [5, 5.41) is 0. The molecular weight excluding hydrogens is 488 g/mol. The van der Waals surface area contributed by atoms with Crippen molar-refractivity contribution >= 4 is 15.9 Å². The highest BCUT2D eigenvalue weighted by Gasteiger charge is 2.30. The van der Waals surface area contributed by atoms with Gasteiger partial charge in [-0.05, 0) is 56.2 Å². The van der Waals surface area contributed by atoms with E-state index in [1.165, 1.54) is 42.7 Å². The molecule has 10 heteroatoms. The van der Waals surface area contributed by atoms with E-state index in [-0.39, 0.29) is 28.1 Å². The molecule has 3 heterocycles. The Balaban J connectivity index is 1.40. The molecule has 7 nitrogen and oxygen atoms in total. The number of benzene rings is 2. The molecule has 2 aromatic heterocycles. The van der Waals surface area contributed by atoms with E-state index in [1.807, 2.05) is 6.92 Å². The molecule has 0 saturated carbocycles. The summed E-state index contributed by atoms with van der Waals surface area (Å²) < 4.78 is 60.4. The number of hydrogen-bond acceptors (Lipinski definition) is 5. The quantitative estimate of drug-likeness (QED) is 0.377. The molecule has 2 aromatic carbocycles. The second-order valence-corrected chi connectivity index (χ2v) is 10.6. The number of rotatable bonds is 5. The number of carbonyl (C=O) groups excluding carboxylic acids is 1. The molecule has 1 aliphatic rings. The first-order valence-corrected chi connectivity index (χ1v) is 12.9. The second kappa shape index (κ2) is 9.34. The first-order chi connectivity index (χ1) is 17.2. The fourth-order valence-corrected chi connectivity index (χ4v) is 5.71. The fourth-order valence-electron chi connectivity index (χ4n) is 4.35. The number of carbonyl (C=O) groups is 1. The van der Waals surface area contributed by atoms with Gasteiger partial charge >= 0.3 is 0 Å². The molecule has 1 aliphatic heterocycles. The van der Waals surface area contributed by atoms with Gasteiger partial charge in [-0.2, -0.15) is 0 Å². The van der Waals surface area contributed by atoms with Crippen LogP contribution in [-0.2, 0) is 10.0 Å². The average molecular weight is 512 g/mol. The van der Waals surface area contributed by atoms with Crippen molar-refractivity contribution in [3.8, 4) is 11.4 Å². The third-order valence-corrected chi connectivity index (χ3v) is 7.95. The Morgan fingerprint density at radius 1 is 1.06 bits per heavy atom. The first-order valence-electron chi connectivity index (χ1n) is 11.4. The van der Waals surface area contributed by atoms with Gasteiger partial charge in [0.2, 0.25) is 0 Å². The molecule has 0 aliphatic carbocycles. The lowest BCUT2D eigenvalue weighted by Crippen LogP contribution is -2.39. The molecule has 4 aromatic rings. The Bertz CT molecular complexity index is 1510. The molecule has 186 valence electrons. The van der Waals surface area contributed by atoms with E-state index in [9.17, 15) is 22.0 Å². The number of aromatic nitrogens is 2. The lowest BCUT2D eigenvalue weighted by atomic mass is 9.97. The van der Waals surface area contributed by atoms with Crippen molar-refractivity contribution in [1.29, 1.82) is 0 Å². The van der Waals surface area contributed by atoms with E-state index in [0.29, 0.717) is 37.4 Å². The summed E-state index contributed by atoms with van der Waals surface area (Å²) in [7, 11) is -4.07. The lowest BCUT2D eigenvalue weighted by molar-refractivity contribution is 0.0698. The van der Waals surface area contributed by atoms with Gasteiger partial charge in [-0.15, -0.1) is 0 Å². The Kier molecular flexibility index (Phi) is 6.21. The molecule has 36 heavy (non-hydrogen) atoms. The Labute approximate surface area is 207 Å². The Morgan fingerprint density at radius 2 is 1.78 bits per heavy atom. The van der Waals surface area contributed by atoms with Crippen LogP contribution in [0.25, 0.3) is 11.4 Å². The summed E-state index contributed by atoms with van der Waals surface area (Å²) in [6, 6.07) is 12.7. The van der Waals surface area contributed by atoms with Gasteiger partial charge in [0.1, 0.15) is 23.6 Å². The van der Waals surface area contributed by atoms with Crippen molar-refractivity contribution in [1.82, 2.24) is 13.9 Å². The van der Waals surface area contributed by atoms with Crippen LogP contribution in [0.4, 0.5) is 8.78 Å². The van der Waals surface area contributed by atoms with Crippen LogP contribution in [0.1, 0.15) is 40.6 Å². The number of amides is 1. The van der Waals surface area contributed by atoms with E-state index < -0.39 is 21.7 Å². The molecular formula is C26H23F2N3O4S. The topological polar surface area (TPSA) is 85.4 Å². The van der Waals surface area contributed by atoms with Gasteiger partial charge in [-0.25, -0.2) is 26.2 Å². The number of piperidine rings is 1. The molecule has 0 radical (unpaired) electrons. The normalized spacial score (nSPS) is 16.3. The second-order valence-electron chi connectivity index (χ2n) is 8.83. The van der Waals surface area contributed by atoms with Gasteiger partial charge in [-0.1, -0.05) is 17.7 Å². The first kappa shape index (κ1) is 23.9. The van der Waals surface area contributed by atoms with E-state index in [0.717, 1.165) is 21.8 Å². The summed E-state index contributed by atoms with van der Waals surface area (Å²) in [5.74, 6) is -1.24. The number of halogens is 2. The van der Waals surface area contributed by atoms with Crippen LogP contribution in [0.2, 0.25) is 0 Å². The molecule has 1 amide bonds. The fraction of sp³-hybridized carbons (Fsp3) is 0.231. The summed E-state index contributed by atoms with van der Waals surface area (Å²) in [6.45, 7) is 2.73. The van der Waals surface area contributed by atoms with Gasteiger partial charge in [0.15, 0.2) is 5.89 Å². The molecule has 1 atom stereocenters. The predicted molar refractivity (Wildman–Crippen MR) is 128 cm³/mol. The standard InChI is InChI=1S/C26H23F2N3O4S/c1-17-4-10-22(11-5-17)36(33,34)31-15-21(28)13-24(31)23-16-35-25(29-23)19-3-2-12-30(14-19)26(32)18-6-8-20(27)9-7-18/h4-11,13,15-16,19H,2-3,12,14H2,1H3. The Morgan fingerprint density at radius 3 is 2.50 bits per heavy atom. The number of hydrogen-bond donors (Lipinski definition) is 0. The third-order valence-electron chi connectivity index (χ3n) is 6.26. The van der Waals surface area contributed by atoms with Crippen molar-refractivity contribution in [3.05, 3.63) is 95.7 Å². The highest BCUT2D eigenvalue weighted by molar-refractivity contribution is 7.90. The van der Waals surface area contributed by atoms with Crippen LogP contribution in [0.5, 0.6) is 0 Å². The van der Waals surface area contributed by atoms with E-state index >= 15 is 0 Å². The summed E-state index contributed by atoms with van der Waals surface area (Å²) in [6.07, 6.45) is 3.63. The number of oxazole rings is 1. The molecule has 0 N–H and O–H groups in total. The highest BCUT2D eigenvalue weighted by atomic mass is 32.2. The molecule has 1 saturated heterocycles. The van der Waals surface area contributed by atoms with Crippen LogP contribution in [0.3, 0.4) is 0 Å².